The fourth-order valence-electron chi connectivity index (χ4n) is 2.40. The van der Waals surface area contributed by atoms with Crippen LogP contribution in [-0.2, 0) is 6.42 Å². The van der Waals surface area contributed by atoms with Crippen LogP contribution in [0.4, 0.5) is 5.95 Å². The summed E-state index contributed by atoms with van der Waals surface area (Å²) >= 11 is 3.42. The Morgan fingerprint density at radius 1 is 1.41 bits per heavy atom. The summed E-state index contributed by atoms with van der Waals surface area (Å²) in [4.78, 5) is 16.6. The fourth-order valence-corrected chi connectivity index (χ4v) is 2.72. The first-order valence-corrected chi connectivity index (χ1v) is 7.63. The number of nitrogen functional groups attached to an aromatic ring is 1. The lowest BCUT2D eigenvalue weighted by Gasteiger charge is -2.04. The summed E-state index contributed by atoms with van der Waals surface area (Å²) in [5, 5.41) is 1.10. The van der Waals surface area contributed by atoms with E-state index in [9.17, 15) is 0 Å². The summed E-state index contributed by atoms with van der Waals surface area (Å²) in [7, 11) is 1.78. The van der Waals surface area contributed by atoms with Crippen LogP contribution in [0, 0.1) is 0 Å². The Kier molecular flexibility index (Phi) is 4.15. The normalized spacial score (nSPS) is 11.5. The molecule has 3 rings (SSSR count). The predicted molar refractivity (Wildman–Crippen MR) is 91.5 cm³/mol. The molecule has 22 heavy (non-hydrogen) atoms. The molecule has 0 fully saturated rings. The summed E-state index contributed by atoms with van der Waals surface area (Å²) in [6, 6.07) is 3.81. The van der Waals surface area contributed by atoms with Crippen molar-refractivity contribution in [3.8, 4) is 5.82 Å². The maximum absolute atomic E-state index is 5.70. The van der Waals surface area contributed by atoms with E-state index in [-0.39, 0.29) is 5.95 Å². The largest absolute Gasteiger partial charge is 0.368 e. The molecule has 3 heterocycles. The molecule has 2 N–H and O–H groups in total. The van der Waals surface area contributed by atoms with E-state index in [1.54, 1.807) is 13.2 Å². The molecule has 3 aromatic heterocycles. The predicted octanol–water partition coefficient (Wildman–Crippen LogP) is 2.79. The zero-order valence-electron chi connectivity index (χ0n) is 12.1. The van der Waals surface area contributed by atoms with Crippen LogP contribution in [0.1, 0.15) is 12.0 Å². The highest BCUT2D eigenvalue weighted by Crippen LogP contribution is 2.26. The Morgan fingerprint density at radius 2 is 2.27 bits per heavy atom. The van der Waals surface area contributed by atoms with Gasteiger partial charge >= 0.3 is 0 Å². The van der Waals surface area contributed by atoms with Crippen molar-refractivity contribution < 1.29 is 0 Å². The molecule has 0 aliphatic carbocycles. The summed E-state index contributed by atoms with van der Waals surface area (Å²) < 4.78 is 2.79. The van der Waals surface area contributed by atoms with Crippen molar-refractivity contribution in [3.05, 3.63) is 40.9 Å². The summed E-state index contributed by atoms with van der Waals surface area (Å²) in [5.74, 6) is 0.998. The van der Waals surface area contributed by atoms with E-state index < -0.39 is 0 Å². The quantitative estimate of drug-likeness (QED) is 0.574. The first kappa shape index (κ1) is 14.6. The number of aryl methyl sites for hydroxylation is 1. The van der Waals surface area contributed by atoms with Crippen molar-refractivity contribution in [2.45, 2.75) is 12.8 Å². The van der Waals surface area contributed by atoms with Crippen LogP contribution in [0.15, 0.2) is 40.3 Å². The van der Waals surface area contributed by atoms with Gasteiger partial charge in [0.2, 0.25) is 5.95 Å². The third-order valence-electron chi connectivity index (χ3n) is 3.37. The molecule has 0 aliphatic rings. The molecule has 0 bridgehead atoms. The van der Waals surface area contributed by atoms with Gasteiger partial charge in [0, 0.05) is 31.0 Å². The minimum Gasteiger partial charge on any atom is -0.368 e. The van der Waals surface area contributed by atoms with Crippen LogP contribution < -0.4 is 5.73 Å². The molecule has 0 saturated heterocycles. The first-order valence-electron chi connectivity index (χ1n) is 6.84. The van der Waals surface area contributed by atoms with Crippen molar-refractivity contribution in [1.82, 2.24) is 19.5 Å². The molecule has 0 saturated carbocycles. The van der Waals surface area contributed by atoms with Gasteiger partial charge in [0.05, 0.1) is 5.52 Å². The Hall–Kier alpha value is -2.28. The van der Waals surface area contributed by atoms with Gasteiger partial charge in [-0.15, -0.1) is 0 Å². The van der Waals surface area contributed by atoms with Crippen LogP contribution in [0.25, 0.3) is 16.7 Å². The number of hydrogen-bond donors (Lipinski definition) is 1. The van der Waals surface area contributed by atoms with E-state index in [2.05, 4.69) is 42.1 Å². The average molecular weight is 359 g/mol. The van der Waals surface area contributed by atoms with Crippen molar-refractivity contribution in [2.24, 2.45) is 4.99 Å². The third kappa shape index (κ3) is 2.85. The average Bonchev–Trinajstić information content (AvgIpc) is 2.85. The summed E-state index contributed by atoms with van der Waals surface area (Å²) in [5.41, 5.74) is 7.93. The van der Waals surface area contributed by atoms with Gasteiger partial charge in [-0.25, -0.2) is 9.97 Å². The lowest BCUT2D eigenvalue weighted by Crippen LogP contribution is -2.01. The number of hydrogen-bond acceptors (Lipinski definition) is 5. The number of aliphatic imine (C=N–C) groups is 1. The second-order valence-electron chi connectivity index (χ2n) is 4.80. The van der Waals surface area contributed by atoms with Crippen LogP contribution in [0.5, 0.6) is 0 Å². The van der Waals surface area contributed by atoms with E-state index in [4.69, 9.17) is 5.73 Å². The summed E-state index contributed by atoms with van der Waals surface area (Å²) in [6.45, 7) is 0. The summed E-state index contributed by atoms with van der Waals surface area (Å²) in [6.07, 6.45) is 9.30. The molecule has 112 valence electrons. The van der Waals surface area contributed by atoms with Crippen LogP contribution >= 0.6 is 15.9 Å². The highest BCUT2D eigenvalue weighted by molar-refractivity contribution is 9.10. The minimum absolute atomic E-state index is 0.257. The number of pyridine rings is 1. The third-order valence-corrected chi connectivity index (χ3v) is 3.80. The fraction of sp³-hybridized carbons (Fsp3) is 0.200. The van der Waals surface area contributed by atoms with Gasteiger partial charge in [0.25, 0.3) is 0 Å². The van der Waals surface area contributed by atoms with Crippen LogP contribution in [0.2, 0.25) is 0 Å². The number of nitrogens with two attached hydrogens (primary N) is 1. The molecule has 0 aliphatic heterocycles. The highest BCUT2D eigenvalue weighted by atomic mass is 79.9. The Labute approximate surface area is 136 Å². The number of fused-ring (bicyclic) bond motifs is 1. The zero-order valence-corrected chi connectivity index (χ0v) is 13.7. The van der Waals surface area contributed by atoms with Gasteiger partial charge in [0.1, 0.15) is 10.4 Å². The molecular formula is C15H15BrN6. The van der Waals surface area contributed by atoms with E-state index in [0.29, 0.717) is 0 Å². The van der Waals surface area contributed by atoms with Crippen LogP contribution in [0.3, 0.4) is 0 Å². The number of nitrogens with zero attached hydrogens (tertiary/aromatic N) is 5. The van der Waals surface area contributed by atoms with Gasteiger partial charge in [-0.05, 0) is 52.7 Å². The molecule has 0 aromatic carbocycles. The van der Waals surface area contributed by atoms with E-state index in [1.807, 2.05) is 29.1 Å². The zero-order chi connectivity index (χ0) is 15.5. The molecule has 0 radical (unpaired) electrons. The van der Waals surface area contributed by atoms with Crippen molar-refractivity contribution >= 4 is 39.0 Å². The lowest BCUT2D eigenvalue weighted by atomic mass is 10.1. The Bertz CT molecular complexity index is 839. The number of rotatable bonds is 4. The van der Waals surface area contributed by atoms with Gasteiger partial charge in [-0.3, -0.25) is 0 Å². The molecule has 3 aromatic rings. The Morgan fingerprint density at radius 3 is 3.05 bits per heavy atom. The van der Waals surface area contributed by atoms with E-state index in [1.165, 1.54) is 5.56 Å². The van der Waals surface area contributed by atoms with Crippen molar-refractivity contribution in [1.29, 1.82) is 0 Å². The molecule has 0 spiro atoms. The maximum atomic E-state index is 5.70. The first-order chi connectivity index (χ1) is 10.7. The van der Waals surface area contributed by atoms with Crippen molar-refractivity contribution in [2.75, 3.05) is 12.8 Å². The second-order valence-corrected chi connectivity index (χ2v) is 5.61. The van der Waals surface area contributed by atoms with E-state index in [0.717, 1.165) is 34.2 Å². The topological polar surface area (TPSA) is 82.0 Å². The standard InChI is InChI=1S/C15H15BrN6/c1-18-5-2-3-10-9-22(14-4-6-19-15(17)21-14)12-7-13(16)20-8-11(10)12/h4-9H,2-3H2,1H3,(H2,17,19,21). The van der Waals surface area contributed by atoms with Gasteiger partial charge in [-0.1, -0.05) is 0 Å². The maximum Gasteiger partial charge on any atom is 0.221 e. The molecule has 6 nitrogen and oxygen atoms in total. The monoisotopic (exact) mass is 358 g/mol. The van der Waals surface area contributed by atoms with Crippen molar-refractivity contribution in [3.63, 3.8) is 0 Å². The lowest BCUT2D eigenvalue weighted by molar-refractivity contribution is 0.994. The smallest absolute Gasteiger partial charge is 0.221 e. The number of halogens is 1. The second kappa shape index (κ2) is 6.23. The minimum atomic E-state index is 0.257. The van der Waals surface area contributed by atoms with Gasteiger partial charge in [0.15, 0.2) is 0 Å². The molecule has 0 atom stereocenters. The number of anilines is 1. The molecule has 0 amide bonds. The molecular weight excluding hydrogens is 344 g/mol. The molecule has 7 heteroatoms. The molecule has 0 unspecified atom stereocenters. The Balaban J connectivity index is 2.14. The van der Waals surface area contributed by atoms with Crippen LogP contribution in [-0.4, -0.2) is 32.8 Å². The SMILES string of the molecule is CN=CCCc1cn(-c2ccnc(N)n2)c2cc(Br)ncc12. The highest BCUT2D eigenvalue weighted by Gasteiger charge is 2.12. The van der Waals surface area contributed by atoms with Gasteiger partial charge < -0.3 is 15.3 Å². The number of aromatic nitrogens is 4. The van der Waals surface area contributed by atoms with E-state index >= 15 is 0 Å². The van der Waals surface area contributed by atoms with Gasteiger partial charge in [-0.2, -0.15) is 4.98 Å².